The fourth-order valence-electron chi connectivity index (χ4n) is 7.32. The van der Waals surface area contributed by atoms with Crippen LogP contribution in [0.25, 0.3) is 32.9 Å². The number of hydrogen-bond donors (Lipinski definition) is 1. The molecule has 0 bridgehead atoms. The first-order valence-electron chi connectivity index (χ1n) is 15.8. The minimum absolute atomic E-state index is 0.0420. The van der Waals surface area contributed by atoms with Crippen molar-refractivity contribution in [2.45, 2.75) is 43.2 Å². The highest BCUT2D eigenvalue weighted by Crippen LogP contribution is 2.45. The molecule has 0 unspecified atom stereocenters. The van der Waals surface area contributed by atoms with Crippen molar-refractivity contribution in [3.63, 3.8) is 0 Å². The lowest BCUT2D eigenvalue weighted by molar-refractivity contribution is 0.107. The van der Waals surface area contributed by atoms with E-state index in [1.54, 1.807) is 34.1 Å². The summed E-state index contributed by atoms with van der Waals surface area (Å²) < 4.78 is 76.0. The number of nitrogens with two attached hydrogens (primary N) is 1. The van der Waals surface area contributed by atoms with Crippen LogP contribution in [0.2, 0.25) is 0 Å². The maximum atomic E-state index is 16.9. The number of benzene rings is 2. The standard InChI is InChI=1S/C33H31F3N6O2/c1-2-18-5-3-6-19-11-21(37)12-22(25(18)19)28-27(36)29-23(14-38-28)31(42-9-10-43-16-24-26(35)30(24)42)40-32(39-29)44-17-33-7-4-8-41(33)15-20(34)13-33/h1,3,5-6,11-12,14,20,24,26,30H,4,7-10,13,15-17,37H2/t20-,24+,26+,30+,33+/m1/s1/i17D2. The Bertz CT molecular complexity index is 1940. The number of halogens is 3. The second kappa shape index (κ2) is 10.2. The first-order chi connectivity index (χ1) is 22.1. The molecule has 4 aromatic rings. The van der Waals surface area contributed by atoms with E-state index in [0.717, 1.165) is 0 Å². The normalized spacial score (nSPS) is 29.1. The Labute approximate surface area is 255 Å². The lowest BCUT2D eigenvalue weighted by Gasteiger charge is -2.31. The van der Waals surface area contributed by atoms with E-state index in [4.69, 9.17) is 24.4 Å². The molecule has 11 heteroatoms. The molecular formula is C33H31F3N6O2. The highest BCUT2D eigenvalue weighted by Gasteiger charge is 2.56. The van der Waals surface area contributed by atoms with Gasteiger partial charge in [0, 0.05) is 53.8 Å². The molecule has 4 fully saturated rings. The first-order valence-corrected chi connectivity index (χ1v) is 14.8. The summed E-state index contributed by atoms with van der Waals surface area (Å²) in [5, 5.41) is 1.48. The predicted molar refractivity (Wildman–Crippen MR) is 161 cm³/mol. The molecular weight excluding hydrogens is 569 g/mol. The Balaban J connectivity index is 1.32. The summed E-state index contributed by atoms with van der Waals surface area (Å²) in [7, 11) is 0. The van der Waals surface area contributed by atoms with Gasteiger partial charge in [0.25, 0.3) is 0 Å². The lowest BCUT2D eigenvalue weighted by Crippen LogP contribution is -2.43. The second-order valence-electron chi connectivity index (χ2n) is 12.1. The van der Waals surface area contributed by atoms with Crippen molar-refractivity contribution >= 4 is 33.2 Å². The number of rotatable bonds is 5. The molecule has 3 aliphatic heterocycles. The molecule has 5 heterocycles. The van der Waals surface area contributed by atoms with Gasteiger partial charge in [0.2, 0.25) is 0 Å². The number of fused-ring (bicyclic) bond motifs is 4. The molecule has 226 valence electrons. The molecule has 5 atom stereocenters. The van der Waals surface area contributed by atoms with Crippen molar-refractivity contribution in [2.75, 3.05) is 50.0 Å². The zero-order valence-electron chi connectivity index (χ0n) is 25.8. The number of terminal acetylenes is 1. The summed E-state index contributed by atoms with van der Waals surface area (Å²) >= 11 is 0. The van der Waals surface area contributed by atoms with Gasteiger partial charge in [0.15, 0.2) is 5.82 Å². The number of aromatic nitrogens is 3. The summed E-state index contributed by atoms with van der Waals surface area (Å²) in [6.07, 6.45) is 5.88. The molecule has 0 spiro atoms. The number of ether oxygens (including phenoxy) is 2. The fourth-order valence-corrected chi connectivity index (χ4v) is 7.32. The van der Waals surface area contributed by atoms with Gasteiger partial charge in [-0.1, -0.05) is 18.1 Å². The molecule has 3 saturated heterocycles. The van der Waals surface area contributed by atoms with Crippen LogP contribution in [0, 0.1) is 24.1 Å². The lowest BCUT2D eigenvalue weighted by atomic mass is 9.95. The van der Waals surface area contributed by atoms with E-state index in [-0.39, 0.29) is 61.1 Å². The Morgan fingerprint density at radius 2 is 2.14 bits per heavy atom. The Morgan fingerprint density at radius 1 is 1.25 bits per heavy atom. The third-order valence-electron chi connectivity index (χ3n) is 9.44. The van der Waals surface area contributed by atoms with Gasteiger partial charge in [-0.25, -0.2) is 13.2 Å². The molecule has 2 aromatic heterocycles. The zero-order chi connectivity index (χ0) is 32.0. The number of anilines is 2. The van der Waals surface area contributed by atoms with E-state index in [1.165, 1.54) is 6.20 Å². The van der Waals surface area contributed by atoms with E-state index >= 15 is 4.39 Å². The van der Waals surface area contributed by atoms with E-state index in [0.29, 0.717) is 47.0 Å². The SMILES string of the molecule is [2H]C([2H])(Oc1nc(N2CCOC[C@H]3[C@H](F)[C@H]32)c2cnc(-c3cc(N)cc4cccc(C#C)c34)c(F)c2n1)[C@@]12CCCN1C[C@H](F)C2. The Kier molecular flexibility index (Phi) is 5.85. The summed E-state index contributed by atoms with van der Waals surface area (Å²) in [4.78, 5) is 17.0. The molecule has 0 radical (unpaired) electrons. The summed E-state index contributed by atoms with van der Waals surface area (Å²) in [6, 6.07) is 7.69. The van der Waals surface area contributed by atoms with Gasteiger partial charge in [-0.05, 0) is 43.0 Å². The van der Waals surface area contributed by atoms with Crippen molar-refractivity contribution in [2.24, 2.45) is 5.92 Å². The van der Waals surface area contributed by atoms with Crippen molar-refractivity contribution in [3.8, 4) is 29.6 Å². The quantitative estimate of drug-likeness (QED) is 0.260. The molecule has 8 rings (SSSR count). The van der Waals surface area contributed by atoms with Crippen LogP contribution in [-0.4, -0.2) is 83.2 Å². The minimum atomic E-state index is -2.42. The van der Waals surface area contributed by atoms with E-state index in [1.807, 2.05) is 6.07 Å². The maximum Gasteiger partial charge on any atom is 0.319 e. The third-order valence-corrected chi connectivity index (χ3v) is 9.44. The molecule has 44 heavy (non-hydrogen) atoms. The van der Waals surface area contributed by atoms with Crippen LogP contribution in [0.3, 0.4) is 0 Å². The maximum absolute atomic E-state index is 16.9. The molecule has 0 amide bonds. The number of nitrogen functional groups attached to an aromatic ring is 1. The van der Waals surface area contributed by atoms with Gasteiger partial charge in [0.1, 0.15) is 35.9 Å². The second-order valence-corrected chi connectivity index (χ2v) is 12.1. The van der Waals surface area contributed by atoms with Crippen LogP contribution < -0.4 is 15.4 Å². The average Bonchev–Trinajstić information content (AvgIpc) is 3.38. The van der Waals surface area contributed by atoms with E-state index in [2.05, 4.69) is 20.9 Å². The van der Waals surface area contributed by atoms with Gasteiger partial charge >= 0.3 is 6.01 Å². The zero-order valence-corrected chi connectivity index (χ0v) is 23.8. The van der Waals surface area contributed by atoms with Crippen LogP contribution in [0.15, 0.2) is 36.5 Å². The van der Waals surface area contributed by atoms with Crippen LogP contribution in [0.5, 0.6) is 6.01 Å². The molecule has 1 saturated carbocycles. The average molecular weight is 603 g/mol. The topological polar surface area (TPSA) is 89.6 Å². The largest absolute Gasteiger partial charge is 0.461 e. The molecule has 4 aliphatic rings. The van der Waals surface area contributed by atoms with Crippen LogP contribution >= 0.6 is 0 Å². The van der Waals surface area contributed by atoms with E-state index < -0.39 is 42.3 Å². The smallest absolute Gasteiger partial charge is 0.319 e. The number of nitrogens with zero attached hydrogens (tertiary/aromatic N) is 5. The van der Waals surface area contributed by atoms with Gasteiger partial charge in [-0.3, -0.25) is 9.88 Å². The van der Waals surface area contributed by atoms with Crippen molar-refractivity contribution in [3.05, 3.63) is 47.9 Å². The third kappa shape index (κ3) is 4.26. The van der Waals surface area contributed by atoms with Crippen molar-refractivity contribution in [1.82, 2.24) is 19.9 Å². The summed E-state index contributed by atoms with van der Waals surface area (Å²) in [5.41, 5.74) is 5.99. The molecule has 1 aliphatic carbocycles. The van der Waals surface area contributed by atoms with Gasteiger partial charge in [-0.15, -0.1) is 6.42 Å². The fraction of sp³-hybridized carbons (Fsp3) is 0.424. The Morgan fingerprint density at radius 3 is 3.00 bits per heavy atom. The van der Waals surface area contributed by atoms with Crippen LogP contribution in [-0.2, 0) is 4.74 Å². The van der Waals surface area contributed by atoms with E-state index in [9.17, 15) is 8.78 Å². The van der Waals surface area contributed by atoms with Crippen LogP contribution in [0.4, 0.5) is 24.7 Å². The molecule has 2 N–H and O–H groups in total. The highest BCUT2D eigenvalue weighted by molar-refractivity contribution is 6.03. The van der Waals surface area contributed by atoms with Gasteiger partial charge < -0.3 is 20.1 Å². The minimum Gasteiger partial charge on any atom is -0.461 e. The van der Waals surface area contributed by atoms with Crippen molar-refractivity contribution < 1.29 is 25.4 Å². The van der Waals surface area contributed by atoms with Gasteiger partial charge in [-0.2, -0.15) is 9.97 Å². The number of alkyl halides is 2. The van der Waals surface area contributed by atoms with Gasteiger partial charge in [0.05, 0.1) is 32.9 Å². The summed E-state index contributed by atoms with van der Waals surface area (Å²) in [5.74, 6) is 1.60. The summed E-state index contributed by atoms with van der Waals surface area (Å²) in [6.45, 7) is -0.971. The highest BCUT2D eigenvalue weighted by atomic mass is 19.1. The Hall–Kier alpha value is -4.14. The molecule has 8 nitrogen and oxygen atoms in total. The monoisotopic (exact) mass is 602 g/mol. The van der Waals surface area contributed by atoms with Crippen molar-refractivity contribution in [1.29, 1.82) is 0 Å². The number of pyridine rings is 1. The molecule has 2 aromatic carbocycles. The number of hydrogen-bond acceptors (Lipinski definition) is 8. The first kappa shape index (κ1) is 25.2. The predicted octanol–water partition coefficient (Wildman–Crippen LogP) is 4.68. The van der Waals surface area contributed by atoms with Crippen LogP contribution in [0.1, 0.15) is 27.6 Å².